The maximum absolute atomic E-state index is 13.2. The molecule has 0 aliphatic carbocycles. The van der Waals surface area contributed by atoms with Gasteiger partial charge in [-0.2, -0.15) is 13.2 Å². The molecule has 0 aliphatic heterocycles. The third-order valence-electron chi connectivity index (χ3n) is 3.18. The number of nitrogens with one attached hydrogen (secondary N) is 1. The molecule has 0 spiro atoms. The summed E-state index contributed by atoms with van der Waals surface area (Å²) in [5, 5.41) is 12.1. The molecule has 1 aromatic rings. The van der Waals surface area contributed by atoms with Crippen LogP contribution < -0.4 is 5.32 Å². The van der Waals surface area contributed by atoms with Crippen LogP contribution >= 0.6 is 0 Å². The molecule has 1 aromatic carbocycles. The highest BCUT2D eigenvalue weighted by Crippen LogP contribution is 2.32. The van der Waals surface area contributed by atoms with Gasteiger partial charge in [0.05, 0.1) is 12.2 Å². The molecular weight excluding hydrogens is 290 g/mol. The largest absolute Gasteiger partial charge is 0.419 e. The lowest BCUT2D eigenvalue weighted by atomic mass is 9.98. The first-order valence-electron chi connectivity index (χ1n) is 6.42. The van der Waals surface area contributed by atoms with Crippen molar-refractivity contribution in [1.29, 1.82) is 0 Å². The number of ether oxygens (including phenoxy) is 1. The van der Waals surface area contributed by atoms with Crippen molar-refractivity contribution < 1.29 is 27.4 Å². The monoisotopic (exact) mass is 309 g/mol. The summed E-state index contributed by atoms with van der Waals surface area (Å²) >= 11 is 0. The molecule has 7 heteroatoms. The number of aliphatic hydroxyl groups excluding tert-OH is 1. The van der Waals surface area contributed by atoms with Gasteiger partial charge < -0.3 is 15.2 Å². The molecule has 0 amide bonds. The molecule has 21 heavy (non-hydrogen) atoms. The number of alkyl halides is 3. The van der Waals surface area contributed by atoms with E-state index in [1.54, 1.807) is 6.92 Å². The molecule has 1 atom stereocenters. The number of rotatable bonds is 7. The van der Waals surface area contributed by atoms with Gasteiger partial charge in [0.15, 0.2) is 0 Å². The normalized spacial score (nSPS) is 15.0. The average molecular weight is 309 g/mol. The molecule has 0 saturated carbocycles. The zero-order valence-electron chi connectivity index (χ0n) is 11.9. The first-order chi connectivity index (χ1) is 9.72. The van der Waals surface area contributed by atoms with E-state index in [-0.39, 0.29) is 13.2 Å². The molecule has 0 aromatic heterocycles. The lowest BCUT2D eigenvalue weighted by Crippen LogP contribution is -2.46. The van der Waals surface area contributed by atoms with Crippen LogP contribution in [-0.4, -0.2) is 31.0 Å². The molecule has 3 nitrogen and oxygen atoms in total. The average Bonchev–Trinajstić information content (AvgIpc) is 2.37. The van der Waals surface area contributed by atoms with E-state index in [9.17, 15) is 17.6 Å². The molecular formula is C14H19F4NO2. The minimum Gasteiger partial charge on any atom is -0.396 e. The Kier molecular flexibility index (Phi) is 6.12. The fraction of sp³-hybridized carbons (Fsp3) is 0.571. The van der Waals surface area contributed by atoms with Crippen LogP contribution in [0.2, 0.25) is 0 Å². The van der Waals surface area contributed by atoms with Crippen LogP contribution in [0.1, 0.15) is 24.5 Å². The van der Waals surface area contributed by atoms with Crippen molar-refractivity contribution in [2.24, 2.45) is 0 Å². The molecule has 120 valence electrons. The van der Waals surface area contributed by atoms with Gasteiger partial charge in [-0.3, -0.25) is 0 Å². The Morgan fingerprint density at radius 3 is 2.48 bits per heavy atom. The molecule has 0 heterocycles. The second kappa shape index (κ2) is 7.20. The number of aliphatic hydroxyl groups is 1. The molecule has 0 radical (unpaired) electrons. The van der Waals surface area contributed by atoms with E-state index in [0.29, 0.717) is 18.6 Å². The third kappa shape index (κ3) is 5.26. The quantitative estimate of drug-likeness (QED) is 0.761. The van der Waals surface area contributed by atoms with E-state index in [1.165, 1.54) is 13.2 Å². The lowest BCUT2D eigenvalue weighted by molar-refractivity contribution is -0.140. The highest BCUT2D eigenvalue weighted by atomic mass is 19.4. The van der Waals surface area contributed by atoms with Crippen molar-refractivity contribution in [3.63, 3.8) is 0 Å². The molecule has 0 aliphatic rings. The van der Waals surface area contributed by atoms with Crippen LogP contribution in [0, 0.1) is 5.82 Å². The molecule has 1 unspecified atom stereocenters. The van der Waals surface area contributed by atoms with Gasteiger partial charge in [0.25, 0.3) is 0 Å². The van der Waals surface area contributed by atoms with E-state index >= 15 is 0 Å². The van der Waals surface area contributed by atoms with E-state index < -0.39 is 23.1 Å². The minimum absolute atomic E-state index is 0.0793. The predicted molar refractivity (Wildman–Crippen MR) is 70.2 cm³/mol. The highest BCUT2D eigenvalue weighted by Gasteiger charge is 2.34. The summed E-state index contributed by atoms with van der Waals surface area (Å²) in [6.45, 7) is 2.12. The molecule has 2 N–H and O–H groups in total. The third-order valence-corrected chi connectivity index (χ3v) is 3.18. The molecule has 0 fully saturated rings. The smallest absolute Gasteiger partial charge is 0.396 e. The van der Waals surface area contributed by atoms with Gasteiger partial charge in [0.1, 0.15) is 5.82 Å². The maximum Gasteiger partial charge on any atom is 0.419 e. The SMILES string of the molecule is COCC(C)(CCO)NCc1ccc(F)c(C(F)(F)F)c1. The fourth-order valence-corrected chi connectivity index (χ4v) is 1.99. The molecule has 1 rings (SSSR count). The summed E-state index contributed by atoms with van der Waals surface area (Å²) in [5.41, 5.74) is -1.54. The van der Waals surface area contributed by atoms with Crippen LogP contribution in [0.15, 0.2) is 18.2 Å². The van der Waals surface area contributed by atoms with Crippen molar-refractivity contribution in [2.75, 3.05) is 20.3 Å². The van der Waals surface area contributed by atoms with Crippen molar-refractivity contribution in [2.45, 2.75) is 31.6 Å². The van der Waals surface area contributed by atoms with E-state index in [1.807, 2.05) is 0 Å². The van der Waals surface area contributed by atoms with Crippen LogP contribution in [0.4, 0.5) is 17.6 Å². The lowest BCUT2D eigenvalue weighted by Gasteiger charge is -2.29. The standard InChI is InChI=1S/C14H19F4NO2/c1-13(5-6-20,9-21-2)19-8-10-3-4-12(15)11(7-10)14(16,17)18/h3-4,7,19-20H,5-6,8-9H2,1-2H3. The molecule has 0 bridgehead atoms. The van der Waals surface area contributed by atoms with E-state index in [2.05, 4.69) is 5.32 Å². The Hall–Kier alpha value is -1.18. The van der Waals surface area contributed by atoms with Gasteiger partial charge in [0.2, 0.25) is 0 Å². The van der Waals surface area contributed by atoms with Crippen molar-refractivity contribution in [3.8, 4) is 0 Å². The second-order valence-electron chi connectivity index (χ2n) is 5.13. The van der Waals surface area contributed by atoms with E-state index in [4.69, 9.17) is 9.84 Å². The van der Waals surface area contributed by atoms with Gasteiger partial charge >= 0.3 is 6.18 Å². The fourth-order valence-electron chi connectivity index (χ4n) is 1.99. The van der Waals surface area contributed by atoms with Gasteiger partial charge in [-0.25, -0.2) is 4.39 Å². The summed E-state index contributed by atoms with van der Waals surface area (Å²) in [4.78, 5) is 0. The second-order valence-corrected chi connectivity index (χ2v) is 5.13. The summed E-state index contributed by atoms with van der Waals surface area (Å²) in [7, 11) is 1.50. The van der Waals surface area contributed by atoms with Crippen LogP contribution in [0.3, 0.4) is 0 Å². The van der Waals surface area contributed by atoms with Crippen molar-refractivity contribution in [3.05, 3.63) is 35.1 Å². The van der Waals surface area contributed by atoms with Crippen molar-refractivity contribution >= 4 is 0 Å². The van der Waals surface area contributed by atoms with Crippen LogP contribution in [-0.2, 0) is 17.5 Å². The number of methoxy groups -OCH3 is 1. The predicted octanol–water partition coefficient (Wildman–Crippen LogP) is 2.72. The van der Waals surface area contributed by atoms with E-state index in [0.717, 1.165) is 12.1 Å². The zero-order valence-corrected chi connectivity index (χ0v) is 11.9. The Bertz CT molecular complexity index is 457. The number of hydrogen-bond acceptors (Lipinski definition) is 3. The number of hydrogen-bond donors (Lipinski definition) is 2. The zero-order chi connectivity index (χ0) is 16.1. The summed E-state index contributed by atoms with van der Waals surface area (Å²) in [5.74, 6) is -1.29. The van der Waals surface area contributed by atoms with Gasteiger partial charge in [-0.15, -0.1) is 0 Å². The maximum atomic E-state index is 13.2. The molecule has 0 saturated heterocycles. The Morgan fingerprint density at radius 1 is 1.29 bits per heavy atom. The van der Waals surface area contributed by atoms with Gasteiger partial charge in [-0.1, -0.05) is 6.07 Å². The van der Waals surface area contributed by atoms with Gasteiger partial charge in [-0.05, 0) is 31.0 Å². The number of halogens is 4. The first kappa shape index (κ1) is 17.9. The summed E-state index contributed by atoms with van der Waals surface area (Å²) < 4.78 is 56.1. The Morgan fingerprint density at radius 2 is 1.95 bits per heavy atom. The highest BCUT2D eigenvalue weighted by molar-refractivity contribution is 5.27. The first-order valence-corrected chi connectivity index (χ1v) is 6.42. The van der Waals surface area contributed by atoms with Crippen molar-refractivity contribution in [1.82, 2.24) is 5.32 Å². The summed E-state index contributed by atoms with van der Waals surface area (Å²) in [6, 6.07) is 2.89. The summed E-state index contributed by atoms with van der Waals surface area (Å²) in [6.07, 6.45) is -4.34. The minimum atomic E-state index is -4.72. The Balaban J connectivity index is 2.84. The van der Waals surface area contributed by atoms with Crippen LogP contribution in [0.25, 0.3) is 0 Å². The Labute approximate surface area is 120 Å². The van der Waals surface area contributed by atoms with Crippen LogP contribution in [0.5, 0.6) is 0 Å². The van der Waals surface area contributed by atoms with Gasteiger partial charge in [0, 0.05) is 25.8 Å². The topological polar surface area (TPSA) is 41.5 Å². The number of benzene rings is 1.